The molecule has 0 aliphatic heterocycles. The normalized spacial score (nSPS) is 12.2. The van der Waals surface area contributed by atoms with E-state index in [0.29, 0.717) is 17.7 Å². The fraction of sp³-hybridized carbons (Fsp3) is 0.200. The predicted octanol–water partition coefficient (Wildman–Crippen LogP) is 4.65. The summed E-state index contributed by atoms with van der Waals surface area (Å²) in [5, 5.41) is 0. The van der Waals surface area contributed by atoms with Crippen molar-refractivity contribution in [3.05, 3.63) is 65.2 Å². The topological polar surface area (TPSA) is 9.23 Å². The van der Waals surface area contributed by atoms with E-state index in [4.69, 9.17) is 4.74 Å². The second kappa shape index (κ2) is 6.15. The summed E-state index contributed by atoms with van der Waals surface area (Å²) in [6.07, 6.45) is 0.553. The van der Waals surface area contributed by atoms with Gasteiger partial charge in [0.05, 0.1) is 7.11 Å². The van der Waals surface area contributed by atoms with Crippen molar-refractivity contribution in [2.24, 2.45) is 0 Å². The van der Waals surface area contributed by atoms with Crippen LogP contribution in [0, 0.1) is 11.6 Å². The Balaban J connectivity index is 2.24. The first kappa shape index (κ1) is 14.0. The SMILES string of the molecule is COc1ccc(F)cc1C(Br)Cc1cccc(F)c1. The highest BCUT2D eigenvalue weighted by Crippen LogP contribution is 2.34. The number of rotatable bonds is 4. The monoisotopic (exact) mass is 326 g/mol. The molecule has 19 heavy (non-hydrogen) atoms. The average Bonchev–Trinajstić information content (AvgIpc) is 2.38. The van der Waals surface area contributed by atoms with Gasteiger partial charge in [0.25, 0.3) is 0 Å². The minimum Gasteiger partial charge on any atom is -0.496 e. The van der Waals surface area contributed by atoms with Crippen LogP contribution in [0.4, 0.5) is 8.78 Å². The zero-order chi connectivity index (χ0) is 13.8. The first-order chi connectivity index (χ1) is 9.10. The molecule has 0 spiro atoms. The maximum absolute atomic E-state index is 13.3. The summed E-state index contributed by atoms with van der Waals surface area (Å²) in [6.45, 7) is 0. The first-order valence-corrected chi connectivity index (χ1v) is 6.73. The van der Waals surface area contributed by atoms with Crippen LogP contribution in [0.15, 0.2) is 42.5 Å². The molecule has 2 aromatic rings. The quantitative estimate of drug-likeness (QED) is 0.743. The Morgan fingerprint density at radius 3 is 2.53 bits per heavy atom. The van der Waals surface area contributed by atoms with E-state index in [9.17, 15) is 8.78 Å². The smallest absolute Gasteiger partial charge is 0.123 e. The van der Waals surface area contributed by atoms with Crippen LogP contribution in [0.3, 0.4) is 0 Å². The van der Waals surface area contributed by atoms with Crippen LogP contribution in [0.1, 0.15) is 16.0 Å². The first-order valence-electron chi connectivity index (χ1n) is 5.82. The second-order valence-electron chi connectivity index (χ2n) is 4.19. The van der Waals surface area contributed by atoms with Gasteiger partial charge in [0.15, 0.2) is 0 Å². The van der Waals surface area contributed by atoms with Crippen LogP contribution in [0.5, 0.6) is 5.75 Å². The van der Waals surface area contributed by atoms with Crippen LogP contribution in [0.2, 0.25) is 0 Å². The van der Waals surface area contributed by atoms with E-state index >= 15 is 0 Å². The van der Waals surface area contributed by atoms with Gasteiger partial charge in [0, 0.05) is 10.4 Å². The fourth-order valence-corrected chi connectivity index (χ4v) is 2.66. The molecule has 0 fully saturated rings. The molecule has 0 saturated carbocycles. The molecule has 0 aliphatic carbocycles. The molecule has 1 atom stereocenters. The molecule has 0 amide bonds. The molecule has 1 nitrogen and oxygen atoms in total. The molecule has 0 aliphatic rings. The summed E-state index contributed by atoms with van der Waals surface area (Å²) in [7, 11) is 1.54. The molecular weight excluding hydrogens is 314 g/mol. The Bertz CT molecular complexity index is 572. The van der Waals surface area contributed by atoms with Gasteiger partial charge in [-0.3, -0.25) is 0 Å². The van der Waals surface area contributed by atoms with Crippen molar-refractivity contribution in [2.45, 2.75) is 11.2 Å². The maximum atomic E-state index is 13.3. The van der Waals surface area contributed by atoms with E-state index in [0.717, 1.165) is 5.56 Å². The minimum atomic E-state index is -0.320. The molecule has 100 valence electrons. The molecule has 0 aromatic heterocycles. The van der Waals surface area contributed by atoms with Crippen LogP contribution in [0.25, 0.3) is 0 Å². The van der Waals surface area contributed by atoms with Crippen molar-refractivity contribution in [1.29, 1.82) is 0 Å². The minimum absolute atomic E-state index is 0.139. The highest BCUT2D eigenvalue weighted by atomic mass is 79.9. The van der Waals surface area contributed by atoms with Gasteiger partial charge in [-0.25, -0.2) is 8.78 Å². The highest BCUT2D eigenvalue weighted by molar-refractivity contribution is 9.09. The van der Waals surface area contributed by atoms with Crippen molar-refractivity contribution >= 4 is 15.9 Å². The van der Waals surface area contributed by atoms with Crippen LogP contribution in [-0.4, -0.2) is 7.11 Å². The van der Waals surface area contributed by atoms with Gasteiger partial charge in [-0.2, -0.15) is 0 Å². The summed E-state index contributed by atoms with van der Waals surface area (Å²) < 4.78 is 31.7. The third kappa shape index (κ3) is 3.53. The number of ether oxygens (including phenoxy) is 1. The standard InChI is InChI=1S/C15H13BrF2O/c1-19-15-6-5-12(18)9-13(15)14(16)8-10-3-2-4-11(17)7-10/h2-7,9,14H,8H2,1H3. The highest BCUT2D eigenvalue weighted by Gasteiger charge is 2.15. The van der Waals surface area contributed by atoms with Gasteiger partial charge in [0.2, 0.25) is 0 Å². The number of halogens is 3. The van der Waals surface area contributed by atoms with Gasteiger partial charge in [-0.15, -0.1) is 0 Å². The molecule has 2 aromatic carbocycles. The molecule has 0 saturated heterocycles. The van der Waals surface area contributed by atoms with Gasteiger partial charge in [-0.05, 0) is 42.3 Å². The molecule has 0 bridgehead atoms. The zero-order valence-electron chi connectivity index (χ0n) is 10.4. The maximum Gasteiger partial charge on any atom is 0.123 e. The van der Waals surface area contributed by atoms with Gasteiger partial charge in [0.1, 0.15) is 17.4 Å². The summed E-state index contributed by atoms with van der Waals surface area (Å²) in [4.78, 5) is -0.139. The molecule has 2 rings (SSSR count). The molecule has 0 N–H and O–H groups in total. The van der Waals surface area contributed by atoms with Crippen molar-refractivity contribution in [3.8, 4) is 5.75 Å². The van der Waals surface area contributed by atoms with Gasteiger partial charge in [-0.1, -0.05) is 28.1 Å². The lowest BCUT2D eigenvalue weighted by Gasteiger charge is -2.14. The summed E-state index contributed by atoms with van der Waals surface area (Å²) >= 11 is 3.50. The van der Waals surface area contributed by atoms with E-state index in [2.05, 4.69) is 15.9 Å². The third-order valence-corrected chi connectivity index (χ3v) is 3.65. The number of benzene rings is 2. The second-order valence-corrected chi connectivity index (χ2v) is 5.29. The Morgan fingerprint density at radius 2 is 1.84 bits per heavy atom. The Morgan fingerprint density at radius 1 is 1.11 bits per heavy atom. The van der Waals surface area contributed by atoms with Crippen molar-refractivity contribution in [2.75, 3.05) is 7.11 Å². The molecule has 0 heterocycles. The number of hydrogen-bond acceptors (Lipinski definition) is 1. The number of hydrogen-bond donors (Lipinski definition) is 0. The van der Waals surface area contributed by atoms with E-state index < -0.39 is 0 Å². The lowest BCUT2D eigenvalue weighted by molar-refractivity contribution is 0.408. The van der Waals surface area contributed by atoms with Gasteiger partial charge < -0.3 is 4.74 Å². The van der Waals surface area contributed by atoms with Crippen LogP contribution in [-0.2, 0) is 6.42 Å². The van der Waals surface area contributed by atoms with Crippen molar-refractivity contribution in [1.82, 2.24) is 0 Å². The number of methoxy groups -OCH3 is 1. The van der Waals surface area contributed by atoms with Crippen molar-refractivity contribution in [3.63, 3.8) is 0 Å². The molecule has 4 heteroatoms. The molecule has 1 unspecified atom stereocenters. The van der Waals surface area contributed by atoms with E-state index in [1.54, 1.807) is 19.2 Å². The third-order valence-electron chi connectivity index (χ3n) is 2.83. The summed E-state index contributed by atoms with van der Waals surface area (Å²) in [5.41, 5.74) is 1.56. The fourth-order valence-electron chi connectivity index (χ4n) is 1.93. The van der Waals surface area contributed by atoms with E-state index in [1.165, 1.54) is 24.3 Å². The Kier molecular flexibility index (Phi) is 4.53. The van der Waals surface area contributed by atoms with E-state index in [1.807, 2.05) is 6.07 Å². The molecule has 0 radical (unpaired) electrons. The Labute approximate surface area is 119 Å². The largest absolute Gasteiger partial charge is 0.496 e. The van der Waals surface area contributed by atoms with Crippen LogP contribution < -0.4 is 4.74 Å². The Hall–Kier alpha value is -1.42. The number of alkyl halides is 1. The van der Waals surface area contributed by atoms with Crippen LogP contribution >= 0.6 is 15.9 Å². The van der Waals surface area contributed by atoms with Crippen molar-refractivity contribution < 1.29 is 13.5 Å². The summed E-state index contributed by atoms with van der Waals surface area (Å²) in [6, 6.07) is 10.7. The zero-order valence-corrected chi connectivity index (χ0v) is 12.0. The molecular formula is C15H13BrF2O. The van der Waals surface area contributed by atoms with E-state index in [-0.39, 0.29) is 16.5 Å². The summed E-state index contributed by atoms with van der Waals surface area (Å²) in [5.74, 6) is 0.0163. The average molecular weight is 327 g/mol. The lowest BCUT2D eigenvalue weighted by Crippen LogP contribution is -2.00. The predicted molar refractivity (Wildman–Crippen MR) is 74.7 cm³/mol. The lowest BCUT2D eigenvalue weighted by atomic mass is 10.0. The van der Waals surface area contributed by atoms with Gasteiger partial charge >= 0.3 is 0 Å².